The Balaban J connectivity index is -0.0000000944. The van der Waals surface area contributed by atoms with Gasteiger partial charge in [-0.25, -0.2) is 0 Å². The Morgan fingerprint density at radius 2 is 1.78 bits per heavy atom. The molecule has 0 saturated carbocycles. The summed E-state index contributed by atoms with van der Waals surface area (Å²) in [6.45, 7) is 17.1. The molecule has 0 amide bonds. The minimum absolute atomic E-state index is 0. The van der Waals surface area contributed by atoms with Crippen molar-refractivity contribution in [1.29, 1.82) is 0 Å². The SMILES string of the molecule is C=C(CC)C(N)=NCCCC(C)C.CC.CCO.[HH].[HH]. The van der Waals surface area contributed by atoms with Gasteiger partial charge in [-0.15, -0.1) is 0 Å². The molecule has 0 radical (unpaired) electrons. The quantitative estimate of drug-likeness (QED) is 0.427. The van der Waals surface area contributed by atoms with Crippen LogP contribution in [-0.4, -0.2) is 24.1 Å². The van der Waals surface area contributed by atoms with Crippen molar-refractivity contribution in [3.05, 3.63) is 12.2 Å². The van der Waals surface area contributed by atoms with Gasteiger partial charge in [0.2, 0.25) is 0 Å². The Morgan fingerprint density at radius 3 is 2.11 bits per heavy atom. The number of nitrogens with zero attached hydrogens (tertiary/aromatic N) is 1. The molecule has 0 saturated heterocycles. The first-order chi connectivity index (χ1) is 8.49. The van der Waals surface area contributed by atoms with Crippen molar-refractivity contribution >= 4 is 5.84 Å². The second kappa shape index (κ2) is 18.5. The lowest BCUT2D eigenvalue weighted by Crippen LogP contribution is -2.14. The molecule has 0 aliphatic rings. The van der Waals surface area contributed by atoms with E-state index in [1.54, 1.807) is 6.92 Å². The Labute approximate surface area is 117 Å². The fourth-order valence-corrected chi connectivity index (χ4v) is 0.992. The molecule has 0 atom stereocenters. The number of hydrogen-bond donors (Lipinski definition) is 2. The van der Waals surface area contributed by atoms with Gasteiger partial charge in [0.1, 0.15) is 5.84 Å². The topological polar surface area (TPSA) is 58.6 Å². The normalized spacial score (nSPS) is 10.1. The number of aliphatic hydroxyl groups excluding tert-OH is 1. The smallest absolute Gasteiger partial charge is 0.120 e. The molecule has 0 aliphatic heterocycles. The molecule has 0 aliphatic carbocycles. The third-order valence-electron chi connectivity index (χ3n) is 2.01. The van der Waals surface area contributed by atoms with Gasteiger partial charge in [-0.1, -0.05) is 41.2 Å². The molecule has 114 valence electrons. The van der Waals surface area contributed by atoms with Crippen LogP contribution in [0.5, 0.6) is 0 Å². The predicted octanol–water partition coefficient (Wildman–Crippen LogP) is 4.26. The van der Waals surface area contributed by atoms with E-state index in [4.69, 9.17) is 10.8 Å². The fourth-order valence-electron chi connectivity index (χ4n) is 0.992. The molecule has 0 bridgehead atoms. The Hall–Kier alpha value is -0.830. The molecule has 18 heavy (non-hydrogen) atoms. The van der Waals surface area contributed by atoms with Crippen LogP contribution < -0.4 is 5.73 Å². The molecule has 0 aromatic rings. The molecule has 3 heteroatoms. The molecule has 0 fully saturated rings. The van der Waals surface area contributed by atoms with Gasteiger partial charge in [0, 0.05) is 16.0 Å². The molecule has 0 heterocycles. The maximum Gasteiger partial charge on any atom is 0.120 e. The summed E-state index contributed by atoms with van der Waals surface area (Å²) in [5, 5.41) is 7.57. The van der Waals surface area contributed by atoms with Crippen LogP contribution in [0.3, 0.4) is 0 Å². The van der Waals surface area contributed by atoms with Gasteiger partial charge >= 0.3 is 0 Å². The first kappa shape index (κ1) is 22.4. The average molecular weight is 262 g/mol. The first-order valence-corrected chi connectivity index (χ1v) is 7.08. The van der Waals surface area contributed by atoms with E-state index in [0.29, 0.717) is 5.84 Å². The fraction of sp³-hybridized carbons (Fsp3) is 0.800. The lowest BCUT2D eigenvalue weighted by molar-refractivity contribution is 0.318. The van der Waals surface area contributed by atoms with Crippen molar-refractivity contribution < 1.29 is 7.96 Å². The van der Waals surface area contributed by atoms with Crippen molar-refractivity contribution in [2.75, 3.05) is 13.2 Å². The summed E-state index contributed by atoms with van der Waals surface area (Å²) in [5.74, 6) is 1.39. The summed E-state index contributed by atoms with van der Waals surface area (Å²) in [6, 6.07) is 0. The summed E-state index contributed by atoms with van der Waals surface area (Å²) >= 11 is 0. The highest BCUT2D eigenvalue weighted by Gasteiger charge is 1.96. The van der Waals surface area contributed by atoms with E-state index in [1.165, 1.54) is 6.42 Å². The van der Waals surface area contributed by atoms with Crippen molar-refractivity contribution in [1.82, 2.24) is 0 Å². The molecule has 0 spiro atoms. The van der Waals surface area contributed by atoms with E-state index in [1.807, 2.05) is 20.8 Å². The lowest BCUT2D eigenvalue weighted by atomic mass is 10.1. The Bertz CT molecular complexity index is 208. The zero-order valence-electron chi connectivity index (χ0n) is 13.3. The van der Waals surface area contributed by atoms with Crippen molar-refractivity contribution in [2.24, 2.45) is 16.6 Å². The molecule has 0 unspecified atom stereocenters. The molecular formula is C15H38N2O. The van der Waals surface area contributed by atoms with Crippen molar-refractivity contribution in [3.63, 3.8) is 0 Å². The number of nitrogens with two attached hydrogens (primary N) is 1. The van der Waals surface area contributed by atoms with Gasteiger partial charge in [-0.2, -0.15) is 0 Å². The highest BCUT2D eigenvalue weighted by molar-refractivity contribution is 5.96. The predicted molar refractivity (Wildman–Crippen MR) is 88.3 cm³/mol. The number of amidine groups is 1. The monoisotopic (exact) mass is 262 g/mol. The third kappa shape index (κ3) is 20.6. The van der Waals surface area contributed by atoms with Gasteiger partial charge in [-0.05, 0) is 37.7 Å². The van der Waals surface area contributed by atoms with Crippen LogP contribution in [0.4, 0.5) is 0 Å². The molecule has 0 aromatic carbocycles. The first-order valence-electron chi connectivity index (χ1n) is 7.08. The molecule has 0 aromatic heterocycles. The average Bonchev–Trinajstić information content (AvgIpc) is 2.36. The van der Waals surface area contributed by atoms with Crippen LogP contribution in [0.25, 0.3) is 0 Å². The maximum absolute atomic E-state index is 7.57. The van der Waals surface area contributed by atoms with E-state index in [9.17, 15) is 0 Å². The molecule has 3 N–H and O–H groups in total. The summed E-state index contributed by atoms with van der Waals surface area (Å²) < 4.78 is 0. The minimum Gasteiger partial charge on any atom is -0.397 e. The lowest BCUT2D eigenvalue weighted by Gasteiger charge is -2.03. The highest BCUT2D eigenvalue weighted by atomic mass is 16.2. The van der Waals surface area contributed by atoms with Crippen LogP contribution in [0, 0.1) is 5.92 Å². The molecule has 0 rings (SSSR count). The number of hydrogen-bond acceptors (Lipinski definition) is 2. The second-order valence-electron chi connectivity index (χ2n) is 4.08. The molecule has 3 nitrogen and oxygen atoms in total. The number of rotatable bonds is 6. The highest BCUT2D eigenvalue weighted by Crippen LogP contribution is 2.03. The van der Waals surface area contributed by atoms with Crippen LogP contribution in [-0.2, 0) is 0 Å². The van der Waals surface area contributed by atoms with Gasteiger partial charge in [0.05, 0.1) is 0 Å². The number of aliphatic imine (C=N–C) groups is 1. The van der Waals surface area contributed by atoms with E-state index in [-0.39, 0.29) is 9.46 Å². The minimum atomic E-state index is 0. The van der Waals surface area contributed by atoms with Crippen LogP contribution in [0.15, 0.2) is 17.1 Å². The van der Waals surface area contributed by atoms with Gasteiger partial charge in [0.25, 0.3) is 0 Å². The second-order valence-corrected chi connectivity index (χ2v) is 4.08. The Morgan fingerprint density at radius 1 is 1.33 bits per heavy atom. The zero-order valence-corrected chi connectivity index (χ0v) is 13.3. The van der Waals surface area contributed by atoms with Gasteiger partial charge in [0.15, 0.2) is 0 Å². The summed E-state index contributed by atoms with van der Waals surface area (Å²) in [4.78, 5) is 4.26. The summed E-state index contributed by atoms with van der Waals surface area (Å²) in [7, 11) is 0. The van der Waals surface area contributed by atoms with Gasteiger partial charge in [-0.3, -0.25) is 4.99 Å². The summed E-state index contributed by atoms with van der Waals surface area (Å²) in [5.41, 5.74) is 6.64. The van der Waals surface area contributed by atoms with Crippen LogP contribution in [0.2, 0.25) is 0 Å². The number of aliphatic hydroxyl groups is 1. The van der Waals surface area contributed by atoms with Gasteiger partial charge < -0.3 is 10.8 Å². The summed E-state index contributed by atoms with van der Waals surface area (Å²) in [6.07, 6.45) is 3.23. The maximum atomic E-state index is 7.57. The van der Waals surface area contributed by atoms with E-state index in [0.717, 1.165) is 30.9 Å². The van der Waals surface area contributed by atoms with E-state index >= 15 is 0 Å². The Kier molecular flexibility index (Phi) is 23.0. The van der Waals surface area contributed by atoms with E-state index < -0.39 is 0 Å². The largest absolute Gasteiger partial charge is 0.397 e. The standard InChI is InChI=1S/C11H22N2.C2H6O.C2H6.2H2/c1-5-10(4)11(12)13-8-6-7-9(2)3;1-2-3;1-2;;/h9H,4-8H2,1-3H3,(H2,12,13);3H,2H2,1H3;1-2H3;2*1H. The van der Waals surface area contributed by atoms with Crippen molar-refractivity contribution in [3.8, 4) is 0 Å². The van der Waals surface area contributed by atoms with Crippen molar-refractivity contribution in [2.45, 2.75) is 60.8 Å². The van der Waals surface area contributed by atoms with Crippen LogP contribution in [0.1, 0.15) is 63.7 Å². The molecular weight excluding hydrogens is 224 g/mol. The van der Waals surface area contributed by atoms with E-state index in [2.05, 4.69) is 25.4 Å². The third-order valence-corrected chi connectivity index (χ3v) is 2.01. The zero-order chi connectivity index (χ0) is 15.0. The van der Waals surface area contributed by atoms with Crippen LogP contribution >= 0.6 is 0 Å².